The average Bonchev–Trinajstić information content (AvgIpc) is 2.79. The second-order valence-corrected chi connectivity index (χ2v) is 8.54. The van der Waals surface area contributed by atoms with Crippen LogP contribution in [0.25, 0.3) is 0 Å². The van der Waals surface area contributed by atoms with Crippen LogP contribution in [0.15, 0.2) is 30.3 Å². The number of rotatable bonds is 6. The summed E-state index contributed by atoms with van der Waals surface area (Å²) in [5.74, 6) is 2.81. The Balaban J connectivity index is 1.63. The summed E-state index contributed by atoms with van der Waals surface area (Å²) in [7, 11) is 2.17. The third-order valence-corrected chi connectivity index (χ3v) is 6.43. The molecule has 1 saturated heterocycles. The van der Waals surface area contributed by atoms with Gasteiger partial charge in [-0.1, -0.05) is 38.3 Å². The molecule has 2 heterocycles. The van der Waals surface area contributed by atoms with Gasteiger partial charge in [-0.15, -0.1) is 0 Å². The largest absolute Gasteiger partial charge is 0.356 e. The van der Waals surface area contributed by atoms with Crippen molar-refractivity contribution in [2.45, 2.75) is 70.8 Å². The van der Waals surface area contributed by atoms with Crippen LogP contribution in [0, 0.1) is 0 Å². The van der Waals surface area contributed by atoms with Gasteiger partial charge in [0.05, 0.1) is 0 Å². The first-order chi connectivity index (χ1) is 14.2. The Morgan fingerprint density at radius 2 is 1.76 bits per heavy atom. The van der Waals surface area contributed by atoms with Crippen LogP contribution in [0.5, 0.6) is 0 Å². The highest BCUT2D eigenvalue weighted by Crippen LogP contribution is 2.29. The van der Waals surface area contributed by atoms with Crippen LogP contribution in [0.4, 0.5) is 23.3 Å². The summed E-state index contributed by atoms with van der Waals surface area (Å²) >= 11 is 0. The average molecular weight is 394 g/mol. The minimum Gasteiger partial charge on any atom is -0.356 e. The van der Waals surface area contributed by atoms with Crippen molar-refractivity contribution >= 4 is 23.3 Å². The van der Waals surface area contributed by atoms with E-state index in [-0.39, 0.29) is 0 Å². The number of nitrogens with zero attached hydrogens (tertiary/aromatic N) is 4. The molecule has 1 aliphatic carbocycles. The molecule has 2 aliphatic rings. The van der Waals surface area contributed by atoms with Crippen molar-refractivity contribution in [2.24, 2.45) is 0 Å². The van der Waals surface area contributed by atoms with E-state index in [9.17, 15) is 0 Å². The highest BCUT2D eigenvalue weighted by molar-refractivity contribution is 5.62. The van der Waals surface area contributed by atoms with Crippen LogP contribution in [-0.2, 0) is 6.42 Å². The quantitative estimate of drug-likeness (QED) is 0.698. The second kappa shape index (κ2) is 9.47. The van der Waals surface area contributed by atoms with Crippen molar-refractivity contribution in [1.82, 2.24) is 9.97 Å². The highest BCUT2D eigenvalue weighted by Gasteiger charge is 2.22. The SMILES string of the molecule is CCc1cccc(Nc2cc(N3CCCCC3)nc(N(C)C3CCCCC3)n2)c1. The van der Waals surface area contributed by atoms with Crippen molar-refractivity contribution in [2.75, 3.05) is 35.3 Å². The molecule has 29 heavy (non-hydrogen) atoms. The maximum atomic E-state index is 5.01. The smallest absolute Gasteiger partial charge is 0.229 e. The van der Waals surface area contributed by atoms with Gasteiger partial charge in [0.2, 0.25) is 5.95 Å². The third kappa shape index (κ3) is 5.01. The summed E-state index contributed by atoms with van der Waals surface area (Å²) in [4.78, 5) is 14.7. The molecular weight excluding hydrogens is 358 g/mol. The molecule has 5 nitrogen and oxygen atoms in total. The number of aromatic nitrogens is 2. The Morgan fingerprint density at radius 1 is 1.00 bits per heavy atom. The van der Waals surface area contributed by atoms with Crippen molar-refractivity contribution in [3.8, 4) is 0 Å². The van der Waals surface area contributed by atoms with Crippen molar-refractivity contribution in [1.29, 1.82) is 0 Å². The molecule has 0 atom stereocenters. The Morgan fingerprint density at radius 3 is 2.52 bits per heavy atom. The van der Waals surface area contributed by atoms with E-state index in [0.717, 1.165) is 42.8 Å². The van der Waals surface area contributed by atoms with E-state index in [4.69, 9.17) is 9.97 Å². The van der Waals surface area contributed by atoms with Gasteiger partial charge in [-0.05, 0) is 56.2 Å². The number of hydrogen-bond acceptors (Lipinski definition) is 5. The second-order valence-electron chi connectivity index (χ2n) is 8.54. The molecule has 0 spiro atoms. The van der Waals surface area contributed by atoms with Crippen LogP contribution in [0.3, 0.4) is 0 Å². The molecule has 1 aliphatic heterocycles. The first-order valence-electron chi connectivity index (χ1n) is 11.5. The lowest BCUT2D eigenvalue weighted by Gasteiger charge is -2.33. The Kier molecular flexibility index (Phi) is 6.53. The molecule has 1 aromatic carbocycles. The number of piperidine rings is 1. The number of hydrogen-bond donors (Lipinski definition) is 1. The lowest BCUT2D eigenvalue weighted by Crippen LogP contribution is -2.36. The van der Waals surface area contributed by atoms with E-state index in [1.54, 1.807) is 0 Å². The lowest BCUT2D eigenvalue weighted by molar-refractivity contribution is 0.424. The summed E-state index contributed by atoms with van der Waals surface area (Å²) in [6, 6.07) is 11.3. The van der Waals surface area contributed by atoms with E-state index in [0.29, 0.717) is 6.04 Å². The third-order valence-electron chi connectivity index (χ3n) is 6.43. The van der Waals surface area contributed by atoms with Crippen LogP contribution < -0.4 is 15.1 Å². The predicted octanol–water partition coefficient (Wildman–Crippen LogP) is 5.54. The van der Waals surface area contributed by atoms with Gasteiger partial charge in [-0.3, -0.25) is 0 Å². The summed E-state index contributed by atoms with van der Waals surface area (Å²) < 4.78 is 0. The fourth-order valence-electron chi connectivity index (χ4n) is 4.58. The van der Waals surface area contributed by atoms with Gasteiger partial charge in [-0.25, -0.2) is 0 Å². The molecule has 1 N–H and O–H groups in total. The van der Waals surface area contributed by atoms with Crippen LogP contribution in [0.1, 0.15) is 63.9 Å². The monoisotopic (exact) mass is 393 g/mol. The minimum atomic E-state index is 0.552. The first kappa shape index (κ1) is 20.0. The maximum Gasteiger partial charge on any atom is 0.229 e. The van der Waals surface area contributed by atoms with Gasteiger partial charge in [0.1, 0.15) is 11.6 Å². The zero-order valence-corrected chi connectivity index (χ0v) is 18.0. The van der Waals surface area contributed by atoms with E-state index in [2.05, 4.69) is 59.4 Å². The Bertz CT molecular complexity index is 794. The standard InChI is InChI=1S/C24H35N5/c1-3-19-11-10-12-20(17-19)25-22-18-23(29-15-8-5-9-16-29)27-24(26-22)28(2)21-13-6-4-7-14-21/h10-12,17-18,21H,3-9,13-16H2,1-2H3,(H,25,26,27). The molecule has 5 heteroatoms. The minimum absolute atomic E-state index is 0.552. The normalized spacial score (nSPS) is 17.9. The molecular formula is C24H35N5. The van der Waals surface area contributed by atoms with Gasteiger partial charge in [-0.2, -0.15) is 9.97 Å². The van der Waals surface area contributed by atoms with E-state index in [1.807, 2.05) is 0 Å². The number of benzene rings is 1. The first-order valence-corrected chi connectivity index (χ1v) is 11.5. The zero-order chi connectivity index (χ0) is 20.1. The van der Waals surface area contributed by atoms with Crippen LogP contribution >= 0.6 is 0 Å². The fourth-order valence-corrected chi connectivity index (χ4v) is 4.58. The van der Waals surface area contributed by atoms with E-state index in [1.165, 1.54) is 56.9 Å². The van der Waals surface area contributed by atoms with Crippen molar-refractivity contribution < 1.29 is 0 Å². The molecule has 0 bridgehead atoms. The highest BCUT2D eigenvalue weighted by atomic mass is 15.3. The topological polar surface area (TPSA) is 44.3 Å². The van der Waals surface area contributed by atoms with E-state index >= 15 is 0 Å². The lowest BCUT2D eigenvalue weighted by atomic mass is 9.95. The Hall–Kier alpha value is -2.30. The number of aryl methyl sites for hydroxylation is 1. The summed E-state index contributed by atoms with van der Waals surface area (Å²) in [5, 5.41) is 3.55. The number of anilines is 4. The number of nitrogens with one attached hydrogen (secondary N) is 1. The van der Waals surface area contributed by atoms with Crippen LogP contribution in [0.2, 0.25) is 0 Å². The predicted molar refractivity (Wildman–Crippen MR) is 122 cm³/mol. The molecule has 0 unspecified atom stereocenters. The van der Waals surface area contributed by atoms with Crippen molar-refractivity contribution in [3.63, 3.8) is 0 Å². The Labute approximate surface area is 175 Å². The van der Waals surface area contributed by atoms with Gasteiger partial charge < -0.3 is 15.1 Å². The van der Waals surface area contributed by atoms with Gasteiger partial charge >= 0.3 is 0 Å². The van der Waals surface area contributed by atoms with Crippen LogP contribution in [-0.4, -0.2) is 36.1 Å². The molecule has 1 aromatic heterocycles. The molecule has 0 amide bonds. The molecule has 4 rings (SSSR count). The summed E-state index contributed by atoms with van der Waals surface area (Å²) in [6.07, 6.45) is 11.3. The summed E-state index contributed by atoms with van der Waals surface area (Å²) in [6.45, 7) is 4.37. The van der Waals surface area contributed by atoms with Gasteiger partial charge in [0.15, 0.2) is 0 Å². The zero-order valence-electron chi connectivity index (χ0n) is 18.0. The summed E-state index contributed by atoms with van der Waals surface area (Å²) in [5.41, 5.74) is 2.43. The van der Waals surface area contributed by atoms with Gasteiger partial charge in [0, 0.05) is 37.9 Å². The van der Waals surface area contributed by atoms with E-state index < -0.39 is 0 Å². The molecule has 2 aromatic rings. The van der Waals surface area contributed by atoms with Gasteiger partial charge in [0.25, 0.3) is 0 Å². The molecule has 1 saturated carbocycles. The molecule has 2 fully saturated rings. The molecule has 0 radical (unpaired) electrons. The maximum absolute atomic E-state index is 5.01. The fraction of sp³-hybridized carbons (Fsp3) is 0.583. The molecule has 156 valence electrons. The van der Waals surface area contributed by atoms with Crippen molar-refractivity contribution in [3.05, 3.63) is 35.9 Å².